The van der Waals surface area contributed by atoms with Crippen LogP contribution in [0.25, 0.3) is 0 Å². The number of aliphatic hydroxyl groups excluding tert-OH is 1. The maximum absolute atomic E-state index is 13.7. The number of hydrogen-bond donors (Lipinski definition) is 5. The van der Waals surface area contributed by atoms with Crippen molar-refractivity contribution in [2.75, 3.05) is 0 Å². The van der Waals surface area contributed by atoms with Gasteiger partial charge in [0.15, 0.2) is 6.10 Å². The standard InChI is InChI=1S/C34H42N4O6/c1-23(36-33(43)44-34(2,3)4)30(40)38-28(21-25-16-10-6-11-17-25)31(41)37-27(20-24-14-8-5-9-15-24)29(39)32(42)35-22-26-18-12-7-13-19-26/h5-19,23,27-29,39H,20-22H2,1-4H3,(H,35,42)(H,36,43)(H,37,41)(H,38,40)/t23?,27-,28-,29-/m0/s1. The summed E-state index contributed by atoms with van der Waals surface area (Å²) in [5, 5.41) is 21.8. The van der Waals surface area contributed by atoms with E-state index in [1.807, 2.05) is 91.0 Å². The molecule has 0 fully saturated rings. The van der Waals surface area contributed by atoms with Crippen molar-refractivity contribution in [3.63, 3.8) is 0 Å². The summed E-state index contributed by atoms with van der Waals surface area (Å²) in [5.74, 6) is -1.84. The molecule has 0 heterocycles. The van der Waals surface area contributed by atoms with Crippen molar-refractivity contribution in [3.8, 4) is 0 Å². The van der Waals surface area contributed by atoms with Crippen LogP contribution >= 0.6 is 0 Å². The summed E-state index contributed by atoms with van der Waals surface area (Å²) in [6.45, 7) is 6.81. The fourth-order valence-electron chi connectivity index (χ4n) is 4.37. The highest BCUT2D eigenvalue weighted by Gasteiger charge is 2.32. The third-order valence-corrected chi connectivity index (χ3v) is 6.63. The molecule has 0 aliphatic carbocycles. The lowest BCUT2D eigenvalue weighted by Crippen LogP contribution is -2.58. The van der Waals surface area contributed by atoms with Gasteiger partial charge in [-0.05, 0) is 50.8 Å². The van der Waals surface area contributed by atoms with Gasteiger partial charge >= 0.3 is 6.09 Å². The van der Waals surface area contributed by atoms with Crippen molar-refractivity contribution in [2.45, 2.75) is 76.9 Å². The van der Waals surface area contributed by atoms with Gasteiger partial charge in [0.25, 0.3) is 5.91 Å². The second-order valence-electron chi connectivity index (χ2n) is 11.6. The fourth-order valence-corrected chi connectivity index (χ4v) is 4.37. The first kappa shape index (κ1) is 33.8. The third-order valence-electron chi connectivity index (χ3n) is 6.63. The van der Waals surface area contributed by atoms with Crippen LogP contribution in [0, 0.1) is 0 Å². The molecule has 0 aliphatic rings. The molecule has 0 aromatic heterocycles. The zero-order valence-electron chi connectivity index (χ0n) is 25.6. The van der Waals surface area contributed by atoms with Gasteiger partial charge in [0, 0.05) is 13.0 Å². The molecule has 1 unspecified atom stereocenters. The second-order valence-corrected chi connectivity index (χ2v) is 11.6. The Bertz CT molecular complexity index is 1360. The molecule has 4 atom stereocenters. The Labute approximate surface area is 258 Å². The van der Waals surface area contributed by atoms with Gasteiger partial charge in [0.05, 0.1) is 6.04 Å². The van der Waals surface area contributed by atoms with E-state index in [-0.39, 0.29) is 19.4 Å². The summed E-state index contributed by atoms with van der Waals surface area (Å²) < 4.78 is 5.24. The Morgan fingerprint density at radius 3 is 1.70 bits per heavy atom. The summed E-state index contributed by atoms with van der Waals surface area (Å²) >= 11 is 0. The quantitative estimate of drug-likeness (QED) is 0.203. The van der Waals surface area contributed by atoms with Gasteiger partial charge in [-0.1, -0.05) is 91.0 Å². The Balaban J connectivity index is 1.77. The Morgan fingerprint density at radius 1 is 0.682 bits per heavy atom. The van der Waals surface area contributed by atoms with E-state index in [0.29, 0.717) is 0 Å². The molecule has 3 rings (SSSR count). The molecule has 4 amide bonds. The van der Waals surface area contributed by atoms with Crippen LogP contribution < -0.4 is 21.3 Å². The summed E-state index contributed by atoms with van der Waals surface area (Å²) in [4.78, 5) is 52.1. The topological polar surface area (TPSA) is 146 Å². The van der Waals surface area contributed by atoms with E-state index in [1.54, 1.807) is 20.8 Å². The van der Waals surface area contributed by atoms with E-state index in [0.717, 1.165) is 16.7 Å². The lowest BCUT2D eigenvalue weighted by Gasteiger charge is -2.27. The van der Waals surface area contributed by atoms with Gasteiger partial charge in [0.1, 0.15) is 17.7 Å². The predicted molar refractivity (Wildman–Crippen MR) is 167 cm³/mol. The Hall–Kier alpha value is -4.70. The maximum atomic E-state index is 13.7. The molecule has 0 saturated heterocycles. The van der Waals surface area contributed by atoms with Gasteiger partial charge in [-0.3, -0.25) is 14.4 Å². The average Bonchev–Trinajstić information content (AvgIpc) is 2.99. The van der Waals surface area contributed by atoms with Crippen LogP contribution in [0.2, 0.25) is 0 Å². The summed E-state index contributed by atoms with van der Waals surface area (Å²) in [7, 11) is 0. The molecule has 0 bridgehead atoms. The molecule has 0 aliphatic heterocycles. The van der Waals surface area contributed by atoms with Crippen molar-refractivity contribution < 1.29 is 29.0 Å². The minimum absolute atomic E-state index is 0.131. The first-order valence-electron chi connectivity index (χ1n) is 14.6. The first-order valence-corrected chi connectivity index (χ1v) is 14.6. The monoisotopic (exact) mass is 602 g/mol. The van der Waals surface area contributed by atoms with Crippen LogP contribution in [-0.2, 0) is 38.5 Å². The molecule has 234 valence electrons. The van der Waals surface area contributed by atoms with Gasteiger partial charge in [0.2, 0.25) is 11.8 Å². The molecule has 5 N–H and O–H groups in total. The summed E-state index contributed by atoms with van der Waals surface area (Å²) in [6, 6.07) is 24.5. The highest BCUT2D eigenvalue weighted by atomic mass is 16.6. The van der Waals surface area contributed by atoms with E-state index in [2.05, 4.69) is 21.3 Å². The Morgan fingerprint density at radius 2 is 1.18 bits per heavy atom. The van der Waals surface area contributed by atoms with Crippen LogP contribution in [0.15, 0.2) is 91.0 Å². The SMILES string of the molecule is CC(NC(=O)OC(C)(C)C)C(=O)N[C@@H](Cc1ccccc1)C(=O)N[C@@H](Cc1ccccc1)[C@H](O)C(=O)NCc1ccccc1. The molecular weight excluding hydrogens is 560 g/mol. The second kappa shape index (κ2) is 16.2. The number of alkyl carbamates (subject to hydrolysis) is 1. The lowest BCUT2D eigenvalue weighted by atomic mass is 9.99. The fraction of sp³-hybridized carbons (Fsp3) is 0.353. The Kier molecular flexibility index (Phi) is 12.5. The zero-order chi connectivity index (χ0) is 32.1. The molecule has 3 aromatic carbocycles. The molecular formula is C34H42N4O6. The van der Waals surface area contributed by atoms with Crippen molar-refractivity contribution in [1.29, 1.82) is 0 Å². The van der Waals surface area contributed by atoms with Crippen LogP contribution in [0.1, 0.15) is 44.4 Å². The molecule has 10 nitrogen and oxygen atoms in total. The number of benzene rings is 3. The smallest absolute Gasteiger partial charge is 0.408 e. The largest absolute Gasteiger partial charge is 0.444 e. The molecule has 10 heteroatoms. The van der Waals surface area contributed by atoms with Crippen LogP contribution in [0.3, 0.4) is 0 Å². The number of carbonyl (C=O) groups is 4. The highest BCUT2D eigenvalue weighted by molar-refractivity contribution is 5.92. The van der Waals surface area contributed by atoms with Crippen LogP contribution in [0.5, 0.6) is 0 Å². The van der Waals surface area contributed by atoms with Gasteiger partial charge in [-0.2, -0.15) is 0 Å². The lowest BCUT2D eigenvalue weighted by molar-refractivity contribution is -0.134. The molecule has 0 spiro atoms. The number of nitrogens with one attached hydrogen (secondary N) is 4. The van der Waals surface area contributed by atoms with Gasteiger partial charge in [-0.25, -0.2) is 4.79 Å². The third kappa shape index (κ3) is 11.5. The van der Waals surface area contributed by atoms with Crippen molar-refractivity contribution in [1.82, 2.24) is 21.3 Å². The van der Waals surface area contributed by atoms with Crippen LogP contribution in [-0.4, -0.2) is 58.8 Å². The first-order chi connectivity index (χ1) is 20.9. The zero-order valence-corrected chi connectivity index (χ0v) is 25.6. The van der Waals surface area contributed by atoms with Crippen LogP contribution in [0.4, 0.5) is 4.79 Å². The van der Waals surface area contributed by atoms with Crippen molar-refractivity contribution in [2.24, 2.45) is 0 Å². The van der Waals surface area contributed by atoms with Gasteiger partial charge in [-0.15, -0.1) is 0 Å². The predicted octanol–water partition coefficient (Wildman–Crippen LogP) is 3.03. The molecule has 3 aromatic rings. The number of carbonyl (C=O) groups excluding carboxylic acids is 4. The molecule has 0 radical (unpaired) electrons. The van der Waals surface area contributed by atoms with E-state index in [4.69, 9.17) is 4.74 Å². The van der Waals surface area contributed by atoms with E-state index < -0.39 is 53.6 Å². The average molecular weight is 603 g/mol. The number of hydrogen-bond acceptors (Lipinski definition) is 6. The van der Waals surface area contributed by atoms with Crippen molar-refractivity contribution in [3.05, 3.63) is 108 Å². The van der Waals surface area contributed by atoms with E-state index >= 15 is 0 Å². The normalized spacial score (nSPS) is 13.8. The highest BCUT2D eigenvalue weighted by Crippen LogP contribution is 2.11. The molecule has 0 saturated carbocycles. The van der Waals surface area contributed by atoms with E-state index in [1.165, 1.54) is 6.92 Å². The number of ether oxygens (including phenoxy) is 1. The minimum atomic E-state index is -1.58. The van der Waals surface area contributed by atoms with Crippen molar-refractivity contribution >= 4 is 23.8 Å². The van der Waals surface area contributed by atoms with Gasteiger partial charge < -0.3 is 31.1 Å². The summed E-state index contributed by atoms with van der Waals surface area (Å²) in [6.07, 6.45) is -2.05. The summed E-state index contributed by atoms with van der Waals surface area (Å²) in [5.41, 5.74) is 1.68. The maximum Gasteiger partial charge on any atom is 0.408 e. The number of amides is 4. The number of aliphatic hydroxyl groups is 1. The van der Waals surface area contributed by atoms with E-state index in [9.17, 15) is 24.3 Å². The molecule has 44 heavy (non-hydrogen) atoms. The minimum Gasteiger partial charge on any atom is -0.444 e. The number of rotatable bonds is 13.